The number of hydrogen-bond donors (Lipinski definition) is 0. The van der Waals surface area contributed by atoms with Gasteiger partial charge in [0.2, 0.25) is 0 Å². The van der Waals surface area contributed by atoms with E-state index in [1.807, 2.05) is 23.9 Å². The maximum absolute atomic E-state index is 5.71. The van der Waals surface area contributed by atoms with Crippen LogP contribution in [0.15, 0.2) is 18.5 Å². The van der Waals surface area contributed by atoms with E-state index in [2.05, 4.69) is 5.10 Å². The molecule has 0 radical (unpaired) electrons. The van der Waals surface area contributed by atoms with Crippen LogP contribution in [0.2, 0.25) is 0 Å². The Bertz CT molecular complexity index is 158. The fraction of sp³-hybridized carbons (Fsp3) is 0.500. The first-order valence-corrected chi connectivity index (χ1v) is 3.34. The summed E-state index contributed by atoms with van der Waals surface area (Å²) in [6.07, 6.45) is 3.65. The van der Waals surface area contributed by atoms with Gasteiger partial charge < -0.3 is 0 Å². The molecule has 9 heavy (non-hydrogen) atoms. The van der Waals surface area contributed by atoms with Crippen molar-refractivity contribution >= 4 is 11.6 Å². The standard InChI is InChI=1S/C6H9ClN2/c1-6(7)5-9-4-2-3-8-9/h2-4,6H,5H2,1H3. The van der Waals surface area contributed by atoms with E-state index in [-0.39, 0.29) is 5.38 Å². The van der Waals surface area contributed by atoms with Crippen LogP contribution in [-0.2, 0) is 6.54 Å². The van der Waals surface area contributed by atoms with Crippen LogP contribution < -0.4 is 0 Å². The first kappa shape index (κ1) is 6.62. The quantitative estimate of drug-likeness (QED) is 0.576. The van der Waals surface area contributed by atoms with Crippen molar-refractivity contribution < 1.29 is 0 Å². The zero-order chi connectivity index (χ0) is 6.69. The Kier molecular flexibility index (Phi) is 2.11. The summed E-state index contributed by atoms with van der Waals surface area (Å²) in [6.45, 7) is 2.73. The first-order chi connectivity index (χ1) is 4.29. The minimum Gasteiger partial charge on any atom is -0.271 e. The van der Waals surface area contributed by atoms with Gasteiger partial charge in [0.05, 0.1) is 11.9 Å². The van der Waals surface area contributed by atoms with E-state index >= 15 is 0 Å². The largest absolute Gasteiger partial charge is 0.271 e. The van der Waals surface area contributed by atoms with Gasteiger partial charge in [0.15, 0.2) is 0 Å². The van der Waals surface area contributed by atoms with Crippen LogP contribution >= 0.6 is 11.6 Å². The van der Waals surface area contributed by atoms with Gasteiger partial charge in [-0.1, -0.05) is 0 Å². The molecule has 0 amide bonds. The van der Waals surface area contributed by atoms with Gasteiger partial charge in [0.25, 0.3) is 0 Å². The molecule has 0 N–H and O–H groups in total. The third-order valence-corrected chi connectivity index (χ3v) is 1.14. The second kappa shape index (κ2) is 2.87. The minimum atomic E-state index is 0.157. The first-order valence-electron chi connectivity index (χ1n) is 2.90. The number of rotatable bonds is 2. The Morgan fingerprint density at radius 2 is 2.56 bits per heavy atom. The van der Waals surface area contributed by atoms with Gasteiger partial charge in [-0.3, -0.25) is 4.68 Å². The second-order valence-electron chi connectivity index (χ2n) is 2.01. The van der Waals surface area contributed by atoms with Crippen LogP contribution in [0.1, 0.15) is 6.92 Å². The molecule has 0 bridgehead atoms. The van der Waals surface area contributed by atoms with Crippen molar-refractivity contribution in [1.29, 1.82) is 0 Å². The average Bonchev–Trinajstić information content (AvgIpc) is 2.15. The molecule has 0 saturated heterocycles. The summed E-state index contributed by atoms with van der Waals surface area (Å²) in [4.78, 5) is 0. The fourth-order valence-electron chi connectivity index (χ4n) is 0.666. The summed E-state index contributed by atoms with van der Waals surface area (Å²) in [5, 5.41) is 4.15. The van der Waals surface area contributed by atoms with E-state index in [9.17, 15) is 0 Å². The predicted octanol–water partition coefficient (Wildman–Crippen LogP) is 1.51. The van der Waals surface area contributed by atoms with E-state index in [0.29, 0.717) is 0 Å². The Balaban J connectivity index is 2.48. The van der Waals surface area contributed by atoms with Crippen LogP contribution in [0.25, 0.3) is 0 Å². The number of nitrogens with zero attached hydrogens (tertiary/aromatic N) is 2. The summed E-state index contributed by atoms with van der Waals surface area (Å²) < 4.78 is 1.82. The van der Waals surface area contributed by atoms with Gasteiger partial charge in [0, 0.05) is 12.4 Å². The molecule has 0 aromatic carbocycles. The van der Waals surface area contributed by atoms with Gasteiger partial charge in [-0.2, -0.15) is 5.10 Å². The fourth-order valence-corrected chi connectivity index (χ4v) is 0.808. The summed E-state index contributed by atoms with van der Waals surface area (Å²) in [7, 11) is 0. The molecule has 1 aromatic rings. The molecule has 50 valence electrons. The van der Waals surface area contributed by atoms with Crippen molar-refractivity contribution in [3.63, 3.8) is 0 Å². The smallest absolute Gasteiger partial charge is 0.0570 e. The van der Waals surface area contributed by atoms with Crippen molar-refractivity contribution in [3.8, 4) is 0 Å². The lowest BCUT2D eigenvalue weighted by Crippen LogP contribution is -2.06. The van der Waals surface area contributed by atoms with Crippen LogP contribution in [0.3, 0.4) is 0 Å². The normalized spacial score (nSPS) is 13.6. The zero-order valence-electron chi connectivity index (χ0n) is 5.29. The Morgan fingerprint density at radius 1 is 1.78 bits per heavy atom. The van der Waals surface area contributed by atoms with Crippen molar-refractivity contribution in [2.45, 2.75) is 18.8 Å². The molecule has 0 aliphatic carbocycles. The van der Waals surface area contributed by atoms with Gasteiger partial charge in [-0.25, -0.2) is 0 Å². The van der Waals surface area contributed by atoms with Crippen molar-refractivity contribution in [3.05, 3.63) is 18.5 Å². The maximum atomic E-state index is 5.71. The molecular weight excluding hydrogens is 136 g/mol. The molecule has 3 heteroatoms. The summed E-state index contributed by atoms with van der Waals surface area (Å²) in [5.74, 6) is 0. The topological polar surface area (TPSA) is 17.8 Å². The van der Waals surface area contributed by atoms with Crippen molar-refractivity contribution in [2.24, 2.45) is 0 Å². The van der Waals surface area contributed by atoms with Crippen molar-refractivity contribution in [2.75, 3.05) is 0 Å². The van der Waals surface area contributed by atoms with E-state index in [1.54, 1.807) is 6.20 Å². The summed E-state index contributed by atoms with van der Waals surface area (Å²) in [5.41, 5.74) is 0. The third kappa shape index (κ3) is 2.06. The zero-order valence-corrected chi connectivity index (χ0v) is 6.04. The van der Waals surface area contributed by atoms with Gasteiger partial charge in [-0.05, 0) is 13.0 Å². The molecule has 0 saturated carbocycles. The monoisotopic (exact) mass is 144 g/mol. The molecule has 0 spiro atoms. The maximum Gasteiger partial charge on any atom is 0.0570 e. The lowest BCUT2D eigenvalue weighted by Gasteiger charge is -2.00. The highest BCUT2D eigenvalue weighted by atomic mass is 35.5. The van der Waals surface area contributed by atoms with Gasteiger partial charge >= 0.3 is 0 Å². The summed E-state index contributed by atoms with van der Waals surface area (Å²) in [6, 6.07) is 1.89. The predicted molar refractivity (Wildman–Crippen MR) is 37.5 cm³/mol. The number of alkyl halides is 1. The number of aromatic nitrogens is 2. The minimum absolute atomic E-state index is 0.157. The average molecular weight is 145 g/mol. The highest BCUT2D eigenvalue weighted by Crippen LogP contribution is 1.96. The SMILES string of the molecule is CC(Cl)Cn1cccn1. The second-order valence-corrected chi connectivity index (χ2v) is 2.75. The van der Waals surface area contributed by atoms with Gasteiger partial charge in [0.1, 0.15) is 0 Å². The molecule has 1 atom stereocenters. The molecule has 1 unspecified atom stereocenters. The van der Waals surface area contributed by atoms with E-state index in [4.69, 9.17) is 11.6 Å². The van der Waals surface area contributed by atoms with Gasteiger partial charge in [-0.15, -0.1) is 11.6 Å². The molecule has 0 aliphatic rings. The lowest BCUT2D eigenvalue weighted by atomic mass is 10.5. The number of halogens is 1. The third-order valence-electron chi connectivity index (χ3n) is 0.998. The molecule has 0 aliphatic heterocycles. The molecule has 1 rings (SSSR count). The van der Waals surface area contributed by atoms with Crippen LogP contribution in [-0.4, -0.2) is 15.2 Å². The van der Waals surface area contributed by atoms with Crippen LogP contribution in [0, 0.1) is 0 Å². The lowest BCUT2D eigenvalue weighted by molar-refractivity contribution is 0.608. The van der Waals surface area contributed by atoms with Crippen LogP contribution in [0.5, 0.6) is 0 Å². The highest BCUT2D eigenvalue weighted by Gasteiger charge is 1.95. The molecular formula is C6H9ClN2. The Hall–Kier alpha value is -0.500. The Morgan fingerprint density at radius 3 is 3.00 bits per heavy atom. The van der Waals surface area contributed by atoms with Crippen LogP contribution in [0.4, 0.5) is 0 Å². The molecule has 2 nitrogen and oxygen atoms in total. The van der Waals surface area contributed by atoms with E-state index < -0.39 is 0 Å². The van der Waals surface area contributed by atoms with E-state index in [0.717, 1.165) is 6.54 Å². The van der Waals surface area contributed by atoms with E-state index in [1.165, 1.54) is 0 Å². The Labute approximate surface area is 59.4 Å². The number of hydrogen-bond acceptors (Lipinski definition) is 1. The molecule has 1 aromatic heterocycles. The highest BCUT2D eigenvalue weighted by molar-refractivity contribution is 6.20. The molecule has 1 heterocycles. The van der Waals surface area contributed by atoms with Crippen molar-refractivity contribution in [1.82, 2.24) is 9.78 Å². The summed E-state index contributed by atoms with van der Waals surface area (Å²) >= 11 is 5.71. The molecule has 0 fully saturated rings.